The summed E-state index contributed by atoms with van der Waals surface area (Å²) in [6, 6.07) is 6.46. The van der Waals surface area contributed by atoms with E-state index in [0.717, 1.165) is 24.5 Å². The third-order valence-electron chi connectivity index (χ3n) is 3.38. The molecule has 0 radical (unpaired) electrons. The zero-order valence-electron chi connectivity index (χ0n) is 10.6. The van der Waals surface area contributed by atoms with Gasteiger partial charge in [-0.3, -0.25) is 4.68 Å². The van der Waals surface area contributed by atoms with Gasteiger partial charge >= 0.3 is 0 Å². The van der Waals surface area contributed by atoms with Gasteiger partial charge in [-0.05, 0) is 24.2 Å². The SMILES string of the molecule is CNC(c1ccc2c(c1)CCO2)c1cnnn1C. The molecular formula is C13H16N4O. The lowest BCUT2D eigenvalue weighted by Crippen LogP contribution is -2.20. The van der Waals surface area contributed by atoms with Crippen LogP contribution in [0.5, 0.6) is 5.75 Å². The van der Waals surface area contributed by atoms with Crippen molar-refractivity contribution >= 4 is 0 Å². The summed E-state index contributed by atoms with van der Waals surface area (Å²) in [5.41, 5.74) is 3.55. The molecule has 5 nitrogen and oxygen atoms in total. The molecule has 1 unspecified atom stereocenters. The summed E-state index contributed by atoms with van der Waals surface area (Å²) in [4.78, 5) is 0. The van der Waals surface area contributed by atoms with Gasteiger partial charge in [-0.1, -0.05) is 17.3 Å². The van der Waals surface area contributed by atoms with Crippen LogP contribution in [0.2, 0.25) is 0 Å². The number of hydrogen-bond acceptors (Lipinski definition) is 4. The van der Waals surface area contributed by atoms with E-state index in [-0.39, 0.29) is 6.04 Å². The Balaban J connectivity index is 2.00. The Morgan fingerprint density at radius 1 is 1.44 bits per heavy atom. The molecule has 2 heterocycles. The Bertz CT molecular complexity index is 564. The molecule has 0 spiro atoms. The molecular weight excluding hydrogens is 228 g/mol. The number of aromatic nitrogens is 3. The largest absolute Gasteiger partial charge is 0.493 e. The van der Waals surface area contributed by atoms with Crippen molar-refractivity contribution in [3.05, 3.63) is 41.2 Å². The van der Waals surface area contributed by atoms with E-state index in [1.165, 1.54) is 11.1 Å². The van der Waals surface area contributed by atoms with Crippen LogP contribution in [-0.2, 0) is 13.5 Å². The molecule has 0 saturated heterocycles. The zero-order chi connectivity index (χ0) is 12.5. The molecule has 1 aromatic heterocycles. The van der Waals surface area contributed by atoms with Gasteiger partial charge in [-0.2, -0.15) is 0 Å². The second kappa shape index (κ2) is 4.42. The molecule has 3 rings (SSSR count). The van der Waals surface area contributed by atoms with E-state index < -0.39 is 0 Å². The van der Waals surface area contributed by atoms with E-state index in [2.05, 4.69) is 27.8 Å². The minimum Gasteiger partial charge on any atom is -0.493 e. The average Bonchev–Trinajstić information content (AvgIpc) is 2.99. The van der Waals surface area contributed by atoms with Crippen molar-refractivity contribution in [1.29, 1.82) is 0 Å². The van der Waals surface area contributed by atoms with Gasteiger partial charge in [0.1, 0.15) is 5.75 Å². The summed E-state index contributed by atoms with van der Waals surface area (Å²) in [5.74, 6) is 1.01. The van der Waals surface area contributed by atoms with E-state index in [9.17, 15) is 0 Å². The topological polar surface area (TPSA) is 52.0 Å². The van der Waals surface area contributed by atoms with Crippen LogP contribution >= 0.6 is 0 Å². The van der Waals surface area contributed by atoms with Crippen molar-refractivity contribution < 1.29 is 4.74 Å². The van der Waals surface area contributed by atoms with Gasteiger partial charge in [0.15, 0.2) is 0 Å². The van der Waals surface area contributed by atoms with Gasteiger partial charge in [0.05, 0.1) is 24.5 Å². The Hall–Kier alpha value is -1.88. The molecule has 18 heavy (non-hydrogen) atoms. The second-order valence-electron chi connectivity index (χ2n) is 4.47. The van der Waals surface area contributed by atoms with Crippen LogP contribution in [0.1, 0.15) is 22.9 Å². The number of rotatable bonds is 3. The number of nitrogens with one attached hydrogen (secondary N) is 1. The summed E-state index contributed by atoms with van der Waals surface area (Å²) in [6.45, 7) is 0.788. The lowest BCUT2D eigenvalue weighted by molar-refractivity contribution is 0.357. The molecule has 94 valence electrons. The number of benzene rings is 1. The Morgan fingerprint density at radius 2 is 2.33 bits per heavy atom. The molecule has 2 aromatic rings. The monoisotopic (exact) mass is 244 g/mol. The molecule has 0 fully saturated rings. The number of ether oxygens (including phenoxy) is 1. The summed E-state index contributed by atoms with van der Waals surface area (Å²) in [5, 5.41) is 11.2. The molecule has 5 heteroatoms. The highest BCUT2D eigenvalue weighted by molar-refractivity contribution is 5.42. The fraction of sp³-hybridized carbons (Fsp3) is 0.385. The summed E-state index contributed by atoms with van der Waals surface area (Å²) >= 11 is 0. The standard InChI is InChI=1S/C13H16N4O/c1-14-13(11-8-15-16-17(11)2)10-3-4-12-9(7-10)5-6-18-12/h3-4,7-8,13-14H,5-6H2,1-2H3. The Morgan fingerprint density at radius 3 is 3.06 bits per heavy atom. The highest BCUT2D eigenvalue weighted by Crippen LogP contribution is 2.30. The Labute approximate surface area is 106 Å². The number of aryl methyl sites for hydroxylation is 1. The van der Waals surface area contributed by atoms with Gasteiger partial charge in [0, 0.05) is 13.5 Å². The van der Waals surface area contributed by atoms with Crippen LogP contribution in [0.4, 0.5) is 0 Å². The first-order valence-electron chi connectivity index (χ1n) is 6.07. The molecule has 1 N–H and O–H groups in total. The summed E-state index contributed by atoms with van der Waals surface area (Å²) in [7, 11) is 3.85. The molecule has 0 bridgehead atoms. The molecule has 0 aliphatic carbocycles. The minimum absolute atomic E-state index is 0.107. The normalized spacial score (nSPS) is 15.2. The van der Waals surface area contributed by atoms with E-state index in [0.29, 0.717) is 0 Å². The Kier molecular flexibility index (Phi) is 2.76. The molecule has 1 atom stereocenters. The van der Waals surface area contributed by atoms with Gasteiger partial charge in [0.25, 0.3) is 0 Å². The van der Waals surface area contributed by atoms with Crippen LogP contribution < -0.4 is 10.1 Å². The van der Waals surface area contributed by atoms with Crippen LogP contribution in [0.15, 0.2) is 24.4 Å². The third kappa shape index (κ3) is 1.76. The predicted molar refractivity (Wildman–Crippen MR) is 67.5 cm³/mol. The quantitative estimate of drug-likeness (QED) is 0.877. The highest BCUT2D eigenvalue weighted by Gasteiger charge is 2.19. The van der Waals surface area contributed by atoms with Crippen molar-refractivity contribution in [2.24, 2.45) is 7.05 Å². The summed E-state index contributed by atoms with van der Waals surface area (Å²) in [6.07, 6.45) is 2.79. The second-order valence-corrected chi connectivity index (χ2v) is 4.47. The maximum Gasteiger partial charge on any atom is 0.122 e. The highest BCUT2D eigenvalue weighted by atomic mass is 16.5. The van der Waals surface area contributed by atoms with Crippen molar-refractivity contribution in [3.8, 4) is 5.75 Å². The average molecular weight is 244 g/mol. The predicted octanol–water partition coefficient (Wildman–Crippen LogP) is 1.06. The lowest BCUT2D eigenvalue weighted by atomic mass is 10.0. The van der Waals surface area contributed by atoms with Crippen LogP contribution in [0, 0.1) is 0 Å². The molecule has 0 saturated carbocycles. The first-order valence-corrected chi connectivity index (χ1v) is 6.07. The maximum absolute atomic E-state index is 5.53. The van der Waals surface area contributed by atoms with E-state index in [4.69, 9.17) is 4.74 Å². The van der Waals surface area contributed by atoms with E-state index in [1.807, 2.05) is 20.2 Å². The van der Waals surface area contributed by atoms with Gasteiger partial charge < -0.3 is 10.1 Å². The van der Waals surface area contributed by atoms with Crippen molar-refractivity contribution in [2.75, 3.05) is 13.7 Å². The maximum atomic E-state index is 5.53. The number of fused-ring (bicyclic) bond motifs is 1. The third-order valence-corrected chi connectivity index (χ3v) is 3.38. The van der Waals surface area contributed by atoms with E-state index >= 15 is 0 Å². The summed E-state index contributed by atoms with van der Waals surface area (Å²) < 4.78 is 7.33. The fourth-order valence-electron chi connectivity index (χ4n) is 2.43. The molecule has 0 amide bonds. The van der Waals surface area contributed by atoms with Crippen LogP contribution in [-0.4, -0.2) is 28.6 Å². The van der Waals surface area contributed by atoms with Gasteiger partial charge in [0.2, 0.25) is 0 Å². The van der Waals surface area contributed by atoms with Crippen molar-refractivity contribution in [2.45, 2.75) is 12.5 Å². The smallest absolute Gasteiger partial charge is 0.122 e. The van der Waals surface area contributed by atoms with Crippen LogP contribution in [0.3, 0.4) is 0 Å². The van der Waals surface area contributed by atoms with Gasteiger partial charge in [-0.15, -0.1) is 5.10 Å². The van der Waals surface area contributed by atoms with Crippen molar-refractivity contribution in [3.63, 3.8) is 0 Å². The first-order chi connectivity index (χ1) is 8.79. The minimum atomic E-state index is 0.107. The van der Waals surface area contributed by atoms with Gasteiger partial charge in [-0.25, -0.2) is 0 Å². The van der Waals surface area contributed by atoms with Crippen molar-refractivity contribution in [1.82, 2.24) is 20.3 Å². The number of hydrogen-bond donors (Lipinski definition) is 1. The first kappa shape index (κ1) is 11.2. The zero-order valence-corrected chi connectivity index (χ0v) is 10.6. The molecule has 1 aromatic carbocycles. The number of nitrogens with zero attached hydrogens (tertiary/aromatic N) is 3. The molecule has 1 aliphatic heterocycles. The van der Waals surface area contributed by atoms with E-state index in [1.54, 1.807) is 10.9 Å². The molecule has 1 aliphatic rings. The van der Waals surface area contributed by atoms with Crippen LogP contribution in [0.25, 0.3) is 0 Å². The fourth-order valence-corrected chi connectivity index (χ4v) is 2.43. The lowest BCUT2D eigenvalue weighted by Gasteiger charge is -2.17.